The number of ether oxygens (including phenoxy) is 2. The maximum absolute atomic E-state index is 9.51. The molecule has 1 heterocycles. The summed E-state index contributed by atoms with van der Waals surface area (Å²) in [5.74, 6) is 0.715. The largest absolute Gasteiger partial charge is 0.487 e. The van der Waals surface area contributed by atoms with Gasteiger partial charge in [0.15, 0.2) is 0 Å². The Hall–Kier alpha value is -1.83. The van der Waals surface area contributed by atoms with Crippen molar-refractivity contribution < 1.29 is 9.47 Å². The third kappa shape index (κ3) is 3.98. The maximum atomic E-state index is 9.51. The first-order valence-corrected chi connectivity index (χ1v) is 9.03. The zero-order valence-electron chi connectivity index (χ0n) is 13.7. The molecular weight excluding hydrogens is 366 g/mol. The highest BCUT2D eigenvalue weighted by atomic mass is 79.9. The molecule has 0 bridgehead atoms. The molecule has 2 aromatic rings. The highest BCUT2D eigenvalue weighted by Gasteiger charge is 2.19. The smallest absolute Gasteiger partial charge is 0.135 e. The average Bonchev–Trinajstić information content (AvgIpc) is 3.11. The summed E-state index contributed by atoms with van der Waals surface area (Å²) in [5.41, 5.74) is 4.19. The Bertz CT molecular complexity index is 743. The zero-order valence-corrected chi connectivity index (χ0v) is 15.3. The van der Waals surface area contributed by atoms with Gasteiger partial charge in [0.25, 0.3) is 0 Å². The molecule has 1 aliphatic heterocycles. The van der Waals surface area contributed by atoms with Gasteiger partial charge in [-0.05, 0) is 57.6 Å². The zero-order chi connectivity index (χ0) is 16.9. The summed E-state index contributed by atoms with van der Waals surface area (Å²) in [4.78, 5) is 0. The van der Waals surface area contributed by atoms with Crippen LogP contribution in [0.1, 0.15) is 35.6 Å². The molecule has 1 aliphatic rings. The van der Waals surface area contributed by atoms with Gasteiger partial charge in [-0.3, -0.25) is 0 Å². The lowest BCUT2D eigenvalue weighted by Gasteiger charge is -2.15. The molecule has 1 fully saturated rings. The summed E-state index contributed by atoms with van der Waals surface area (Å²) in [7, 11) is 0. The first-order valence-electron chi connectivity index (χ1n) is 8.24. The van der Waals surface area contributed by atoms with Crippen LogP contribution in [-0.2, 0) is 17.6 Å². The molecule has 1 atom stereocenters. The molecule has 0 N–H and O–H groups in total. The van der Waals surface area contributed by atoms with Crippen molar-refractivity contribution in [3.05, 3.63) is 63.1 Å². The maximum Gasteiger partial charge on any atom is 0.135 e. The fourth-order valence-electron chi connectivity index (χ4n) is 2.83. The number of benzene rings is 2. The molecule has 0 aliphatic carbocycles. The standard InChI is InChI=1S/C20H20BrNO2/c1-2-14-3-5-15(6-4-14)9-16-10-19(21)20(11-17(16)12-22)24-18-7-8-23-13-18/h3-6,10-11,18H,2,7-9,13H2,1H3/t18-/m0/s1. The van der Waals surface area contributed by atoms with Crippen molar-refractivity contribution in [2.45, 2.75) is 32.3 Å². The van der Waals surface area contributed by atoms with Crippen LogP contribution >= 0.6 is 15.9 Å². The van der Waals surface area contributed by atoms with E-state index in [4.69, 9.17) is 9.47 Å². The van der Waals surface area contributed by atoms with Crippen molar-refractivity contribution in [2.75, 3.05) is 13.2 Å². The molecule has 0 aromatic heterocycles. The van der Waals surface area contributed by atoms with E-state index in [1.807, 2.05) is 12.1 Å². The van der Waals surface area contributed by atoms with Gasteiger partial charge >= 0.3 is 0 Å². The van der Waals surface area contributed by atoms with E-state index in [1.165, 1.54) is 11.1 Å². The molecule has 2 aromatic carbocycles. The van der Waals surface area contributed by atoms with E-state index in [9.17, 15) is 5.26 Å². The summed E-state index contributed by atoms with van der Waals surface area (Å²) in [6.45, 7) is 3.49. The molecule has 0 unspecified atom stereocenters. The molecule has 0 spiro atoms. The van der Waals surface area contributed by atoms with E-state index in [2.05, 4.69) is 53.2 Å². The Morgan fingerprint density at radius 3 is 2.62 bits per heavy atom. The van der Waals surface area contributed by atoms with Gasteiger partial charge in [0.2, 0.25) is 0 Å². The Morgan fingerprint density at radius 1 is 1.25 bits per heavy atom. The Balaban J connectivity index is 1.82. The quantitative estimate of drug-likeness (QED) is 0.752. The monoisotopic (exact) mass is 385 g/mol. The summed E-state index contributed by atoms with van der Waals surface area (Å²) >= 11 is 3.58. The summed E-state index contributed by atoms with van der Waals surface area (Å²) < 4.78 is 12.2. The van der Waals surface area contributed by atoms with E-state index < -0.39 is 0 Å². The molecule has 24 heavy (non-hydrogen) atoms. The van der Waals surface area contributed by atoms with E-state index in [1.54, 1.807) is 0 Å². The van der Waals surface area contributed by atoms with Crippen LogP contribution in [0.4, 0.5) is 0 Å². The third-order valence-electron chi connectivity index (χ3n) is 4.29. The van der Waals surface area contributed by atoms with Crippen LogP contribution in [-0.4, -0.2) is 19.3 Å². The van der Waals surface area contributed by atoms with Crippen LogP contribution in [0.5, 0.6) is 5.75 Å². The van der Waals surface area contributed by atoms with Gasteiger partial charge in [-0.2, -0.15) is 5.26 Å². The second kappa shape index (κ2) is 7.83. The predicted octanol–water partition coefficient (Wildman–Crippen LogP) is 4.64. The van der Waals surface area contributed by atoms with Crippen LogP contribution in [0.15, 0.2) is 40.9 Å². The normalized spacial score (nSPS) is 16.8. The van der Waals surface area contributed by atoms with Gasteiger partial charge in [-0.25, -0.2) is 0 Å². The molecule has 3 nitrogen and oxygen atoms in total. The second-order valence-corrected chi connectivity index (χ2v) is 6.86. The molecule has 124 valence electrons. The Morgan fingerprint density at radius 2 is 2.00 bits per heavy atom. The summed E-state index contributed by atoms with van der Waals surface area (Å²) in [6.07, 6.45) is 2.73. The number of hydrogen-bond donors (Lipinski definition) is 0. The number of nitrogens with zero attached hydrogens (tertiary/aromatic N) is 1. The molecular formula is C20H20BrNO2. The lowest BCUT2D eigenvalue weighted by molar-refractivity contribution is 0.141. The van der Waals surface area contributed by atoms with Crippen LogP contribution in [0.3, 0.4) is 0 Å². The van der Waals surface area contributed by atoms with Gasteiger partial charge in [0, 0.05) is 6.42 Å². The predicted molar refractivity (Wildman–Crippen MR) is 97.3 cm³/mol. The van der Waals surface area contributed by atoms with Crippen LogP contribution in [0.2, 0.25) is 0 Å². The highest BCUT2D eigenvalue weighted by Crippen LogP contribution is 2.31. The number of rotatable bonds is 5. The minimum Gasteiger partial charge on any atom is -0.487 e. The van der Waals surface area contributed by atoms with Gasteiger partial charge < -0.3 is 9.47 Å². The van der Waals surface area contributed by atoms with Crippen molar-refractivity contribution >= 4 is 15.9 Å². The number of nitriles is 1. The second-order valence-electron chi connectivity index (χ2n) is 6.00. The van der Waals surface area contributed by atoms with Crippen molar-refractivity contribution in [1.82, 2.24) is 0 Å². The van der Waals surface area contributed by atoms with Crippen LogP contribution in [0.25, 0.3) is 0 Å². The number of aryl methyl sites for hydroxylation is 1. The Labute approximate surface area is 151 Å². The van der Waals surface area contributed by atoms with Crippen molar-refractivity contribution in [1.29, 1.82) is 5.26 Å². The summed E-state index contributed by atoms with van der Waals surface area (Å²) in [5, 5.41) is 9.51. The van der Waals surface area contributed by atoms with E-state index in [-0.39, 0.29) is 6.10 Å². The fraction of sp³-hybridized carbons (Fsp3) is 0.350. The van der Waals surface area contributed by atoms with Crippen molar-refractivity contribution in [3.63, 3.8) is 0 Å². The van der Waals surface area contributed by atoms with Crippen LogP contribution in [0, 0.1) is 11.3 Å². The number of halogens is 1. The van der Waals surface area contributed by atoms with Crippen LogP contribution < -0.4 is 4.74 Å². The topological polar surface area (TPSA) is 42.2 Å². The fourth-order valence-corrected chi connectivity index (χ4v) is 3.32. The van der Waals surface area contributed by atoms with Crippen molar-refractivity contribution in [2.24, 2.45) is 0 Å². The molecule has 4 heteroatoms. The Kier molecular flexibility index (Phi) is 5.55. The minimum absolute atomic E-state index is 0.0697. The van der Waals surface area contributed by atoms with E-state index in [0.29, 0.717) is 17.9 Å². The van der Waals surface area contributed by atoms with Gasteiger partial charge in [0.05, 0.1) is 29.3 Å². The average molecular weight is 386 g/mol. The lowest BCUT2D eigenvalue weighted by Crippen LogP contribution is -2.16. The minimum atomic E-state index is 0.0697. The molecule has 3 rings (SSSR count). The molecule has 1 saturated heterocycles. The number of hydrogen-bond acceptors (Lipinski definition) is 3. The first-order chi connectivity index (χ1) is 11.7. The van der Waals surface area contributed by atoms with E-state index in [0.717, 1.165) is 35.9 Å². The highest BCUT2D eigenvalue weighted by molar-refractivity contribution is 9.10. The van der Waals surface area contributed by atoms with Gasteiger partial charge in [-0.1, -0.05) is 31.2 Å². The van der Waals surface area contributed by atoms with Gasteiger partial charge in [-0.15, -0.1) is 0 Å². The molecule has 0 amide bonds. The third-order valence-corrected chi connectivity index (χ3v) is 4.91. The van der Waals surface area contributed by atoms with Crippen molar-refractivity contribution in [3.8, 4) is 11.8 Å². The van der Waals surface area contributed by atoms with E-state index >= 15 is 0 Å². The first kappa shape index (κ1) is 17.0. The lowest BCUT2D eigenvalue weighted by atomic mass is 9.99. The van der Waals surface area contributed by atoms with Gasteiger partial charge in [0.1, 0.15) is 11.9 Å². The molecule has 0 radical (unpaired) electrons. The molecule has 0 saturated carbocycles. The summed E-state index contributed by atoms with van der Waals surface area (Å²) in [6, 6.07) is 14.7. The SMILES string of the molecule is CCc1ccc(Cc2cc(Br)c(O[C@H]3CCOC3)cc2C#N)cc1.